The Morgan fingerprint density at radius 1 is 1.34 bits per heavy atom. The molecule has 35 heavy (non-hydrogen) atoms. The van der Waals surface area contributed by atoms with Crippen molar-refractivity contribution in [2.75, 3.05) is 25.6 Å². The van der Waals surface area contributed by atoms with Crippen molar-refractivity contribution in [3.05, 3.63) is 70.4 Å². The first-order chi connectivity index (χ1) is 16.7. The van der Waals surface area contributed by atoms with Crippen molar-refractivity contribution in [2.45, 2.75) is 36.6 Å². The SMILES string of the molecule is COc1nc(Cl)cc2c1[C@]1(O)[C@H](O)[C@@H]3CN(C)c4cccc(c4)[C@H]3[C@]1(C1(C)C=CC(C#N)=CC1)O2. The van der Waals surface area contributed by atoms with Crippen LogP contribution in [0.4, 0.5) is 5.69 Å². The molecule has 1 unspecified atom stereocenters. The molecule has 180 valence electrons. The summed E-state index contributed by atoms with van der Waals surface area (Å²) in [5, 5.41) is 34.5. The van der Waals surface area contributed by atoms with Gasteiger partial charge in [-0.3, -0.25) is 0 Å². The fourth-order valence-electron chi connectivity index (χ4n) is 7.01. The minimum absolute atomic E-state index is 0.131. The summed E-state index contributed by atoms with van der Waals surface area (Å²) in [4.78, 5) is 6.41. The summed E-state index contributed by atoms with van der Waals surface area (Å²) < 4.78 is 12.5. The number of rotatable bonds is 2. The average Bonchev–Trinajstić information content (AvgIpc) is 3.18. The number of nitrogens with zero attached hydrogens (tertiary/aromatic N) is 3. The van der Waals surface area contributed by atoms with E-state index in [0.29, 0.717) is 29.9 Å². The Morgan fingerprint density at radius 2 is 2.14 bits per heavy atom. The van der Waals surface area contributed by atoms with Crippen LogP contribution in [0.2, 0.25) is 5.15 Å². The molecule has 1 aromatic heterocycles. The van der Waals surface area contributed by atoms with E-state index < -0.39 is 22.7 Å². The number of aliphatic hydroxyl groups is 2. The highest BCUT2D eigenvalue weighted by atomic mass is 35.5. The predicted octanol–water partition coefficient (Wildman–Crippen LogP) is 3.70. The van der Waals surface area contributed by atoms with Gasteiger partial charge in [0.05, 0.1) is 24.8 Å². The fraction of sp³-hybridized carbons (Fsp3) is 0.407. The monoisotopic (exact) mass is 491 g/mol. The van der Waals surface area contributed by atoms with E-state index in [-0.39, 0.29) is 22.9 Å². The molecular weight excluding hydrogens is 466 g/mol. The van der Waals surface area contributed by atoms with Gasteiger partial charge in [0.15, 0.2) is 11.2 Å². The second-order valence-corrected chi connectivity index (χ2v) is 10.6. The minimum atomic E-state index is -1.86. The number of hydrogen-bond donors (Lipinski definition) is 2. The summed E-state index contributed by atoms with van der Waals surface area (Å²) in [5.41, 5.74) is -1.10. The molecule has 0 saturated heterocycles. The number of methoxy groups -OCH3 is 1. The van der Waals surface area contributed by atoms with Crippen molar-refractivity contribution >= 4 is 17.3 Å². The van der Waals surface area contributed by atoms with Crippen LogP contribution >= 0.6 is 11.6 Å². The van der Waals surface area contributed by atoms with Crippen LogP contribution < -0.4 is 14.4 Å². The van der Waals surface area contributed by atoms with Crippen molar-refractivity contribution in [3.8, 4) is 17.7 Å². The first-order valence-corrected chi connectivity index (χ1v) is 12.0. The topological polar surface area (TPSA) is 98.8 Å². The Balaban J connectivity index is 1.68. The smallest absolute Gasteiger partial charge is 0.224 e. The van der Waals surface area contributed by atoms with Gasteiger partial charge in [0.25, 0.3) is 0 Å². The molecule has 8 heteroatoms. The molecule has 1 saturated carbocycles. The quantitative estimate of drug-likeness (QED) is 0.618. The van der Waals surface area contributed by atoms with E-state index in [1.165, 1.54) is 7.11 Å². The van der Waals surface area contributed by atoms with Gasteiger partial charge >= 0.3 is 0 Å². The van der Waals surface area contributed by atoms with Crippen LogP contribution in [0.15, 0.2) is 54.1 Å². The van der Waals surface area contributed by atoms with E-state index in [2.05, 4.69) is 22.0 Å². The molecule has 4 aliphatic rings. The van der Waals surface area contributed by atoms with Crippen molar-refractivity contribution in [1.82, 2.24) is 4.98 Å². The Bertz CT molecular complexity index is 1350. The number of ether oxygens (including phenoxy) is 2. The van der Waals surface area contributed by atoms with Crippen LogP contribution in [0, 0.1) is 22.7 Å². The summed E-state index contributed by atoms with van der Waals surface area (Å²) in [6, 6.07) is 11.9. The molecule has 0 radical (unpaired) electrons. The number of benzene rings is 1. The highest BCUT2D eigenvalue weighted by Crippen LogP contribution is 2.72. The van der Waals surface area contributed by atoms with Gasteiger partial charge in [-0.2, -0.15) is 5.26 Å². The molecule has 1 aromatic carbocycles. The van der Waals surface area contributed by atoms with Crippen molar-refractivity contribution in [1.29, 1.82) is 5.26 Å². The zero-order valence-corrected chi connectivity index (χ0v) is 20.5. The normalized spacial score (nSPS) is 36.3. The van der Waals surface area contributed by atoms with Gasteiger partial charge < -0.3 is 24.6 Å². The van der Waals surface area contributed by atoms with Crippen LogP contribution in [0.3, 0.4) is 0 Å². The number of aromatic nitrogens is 1. The van der Waals surface area contributed by atoms with Gasteiger partial charge in [-0.15, -0.1) is 0 Å². The Labute approximate surface area is 208 Å². The molecule has 2 aliphatic heterocycles. The second kappa shape index (κ2) is 7.23. The Kier molecular flexibility index (Phi) is 4.63. The molecule has 2 N–H and O–H groups in total. The molecule has 6 atom stereocenters. The molecular formula is C27H26ClN3O4. The number of pyridine rings is 1. The zero-order chi connectivity index (χ0) is 24.8. The largest absolute Gasteiger partial charge is 0.481 e. The first-order valence-electron chi connectivity index (χ1n) is 11.7. The summed E-state index contributed by atoms with van der Waals surface area (Å²) >= 11 is 6.30. The summed E-state index contributed by atoms with van der Waals surface area (Å²) in [5.74, 6) is -0.258. The lowest BCUT2D eigenvalue weighted by molar-refractivity contribution is -0.185. The minimum Gasteiger partial charge on any atom is -0.481 e. The highest BCUT2D eigenvalue weighted by Gasteiger charge is 2.81. The maximum absolute atomic E-state index is 12.8. The molecule has 2 aromatic rings. The number of halogens is 1. The average molecular weight is 492 g/mol. The third-order valence-electron chi connectivity index (χ3n) is 8.54. The first kappa shape index (κ1) is 22.4. The molecule has 0 spiro atoms. The lowest BCUT2D eigenvalue weighted by atomic mass is 9.57. The fourth-order valence-corrected chi connectivity index (χ4v) is 7.19. The van der Waals surface area contributed by atoms with Crippen molar-refractivity contribution in [2.24, 2.45) is 11.3 Å². The lowest BCUT2D eigenvalue weighted by Crippen LogP contribution is -2.63. The Morgan fingerprint density at radius 3 is 2.83 bits per heavy atom. The maximum Gasteiger partial charge on any atom is 0.224 e. The molecule has 2 aliphatic carbocycles. The van der Waals surface area contributed by atoms with Crippen LogP contribution in [0.1, 0.15) is 30.4 Å². The predicted molar refractivity (Wildman–Crippen MR) is 131 cm³/mol. The summed E-state index contributed by atoms with van der Waals surface area (Å²) in [7, 11) is 3.45. The van der Waals surface area contributed by atoms with Gasteiger partial charge in [0.1, 0.15) is 10.9 Å². The van der Waals surface area contributed by atoms with Gasteiger partial charge in [0.2, 0.25) is 5.88 Å². The van der Waals surface area contributed by atoms with Crippen LogP contribution in [0.25, 0.3) is 0 Å². The zero-order valence-electron chi connectivity index (χ0n) is 19.7. The van der Waals surface area contributed by atoms with E-state index in [1.807, 2.05) is 44.3 Å². The van der Waals surface area contributed by atoms with E-state index in [0.717, 1.165) is 11.3 Å². The standard InChI is InChI=1S/C27H26ClN3O4/c1-25(9-7-15(13-29)8-10-25)27-21-16-5-4-6-17(11-16)31(2)14-18(21)23(32)26(27,33)22-19(35-27)12-20(28)30-24(22)34-3/h4-9,11-12,18,21,23,32-33H,10,14H2,1-3H3/t18-,21-,23-,25?,26+,27-/m1/s1. The number of hydrogen-bond acceptors (Lipinski definition) is 7. The molecule has 2 bridgehead atoms. The van der Waals surface area contributed by atoms with Gasteiger partial charge in [0, 0.05) is 48.2 Å². The lowest BCUT2D eigenvalue weighted by Gasteiger charge is -2.51. The van der Waals surface area contributed by atoms with E-state index >= 15 is 0 Å². The third-order valence-corrected chi connectivity index (χ3v) is 8.73. The number of nitriles is 1. The molecule has 3 heterocycles. The van der Waals surface area contributed by atoms with Gasteiger partial charge in [-0.1, -0.05) is 42.8 Å². The van der Waals surface area contributed by atoms with E-state index in [4.69, 9.17) is 21.1 Å². The van der Waals surface area contributed by atoms with Crippen LogP contribution in [-0.4, -0.2) is 47.6 Å². The van der Waals surface area contributed by atoms with E-state index in [1.54, 1.807) is 12.1 Å². The summed E-state index contributed by atoms with van der Waals surface area (Å²) in [6.45, 7) is 2.53. The third kappa shape index (κ3) is 2.60. The van der Waals surface area contributed by atoms with Gasteiger partial charge in [-0.25, -0.2) is 4.98 Å². The molecule has 1 fully saturated rings. The molecule has 0 amide bonds. The van der Waals surface area contributed by atoms with Crippen molar-refractivity contribution in [3.63, 3.8) is 0 Å². The van der Waals surface area contributed by atoms with Crippen LogP contribution in [0.5, 0.6) is 11.6 Å². The number of fused-ring (bicyclic) bond motifs is 8. The molecule has 6 rings (SSSR count). The van der Waals surface area contributed by atoms with Crippen LogP contribution in [-0.2, 0) is 5.60 Å². The van der Waals surface area contributed by atoms with Crippen molar-refractivity contribution < 1.29 is 19.7 Å². The molecule has 7 nitrogen and oxygen atoms in total. The van der Waals surface area contributed by atoms with E-state index in [9.17, 15) is 15.5 Å². The number of aliphatic hydroxyl groups excluding tert-OH is 1. The van der Waals surface area contributed by atoms with Gasteiger partial charge in [-0.05, 0) is 30.2 Å². The number of allylic oxidation sites excluding steroid dienone is 3. The Hall–Kier alpha value is -3.05. The maximum atomic E-state index is 12.8. The highest BCUT2D eigenvalue weighted by molar-refractivity contribution is 6.29. The summed E-state index contributed by atoms with van der Waals surface area (Å²) in [6.07, 6.45) is 4.83. The number of anilines is 1. The second-order valence-electron chi connectivity index (χ2n) is 10.2.